The number of carbonyl (C=O) groups is 1. The molecule has 2 N–H and O–H groups in total. The largest absolute Gasteiger partial charge is 0.385 e. The fourth-order valence-electron chi connectivity index (χ4n) is 3.50. The van der Waals surface area contributed by atoms with Gasteiger partial charge in [-0.3, -0.25) is 4.79 Å². The summed E-state index contributed by atoms with van der Waals surface area (Å²) in [6.07, 6.45) is 0.583. The van der Waals surface area contributed by atoms with Crippen molar-refractivity contribution in [1.82, 2.24) is 4.90 Å². The first-order valence-electron chi connectivity index (χ1n) is 9.11. The van der Waals surface area contributed by atoms with E-state index < -0.39 is 17.2 Å². The number of aliphatic hydroxyl groups is 1. The minimum Gasteiger partial charge on any atom is -0.385 e. The molecule has 1 heterocycles. The van der Waals surface area contributed by atoms with Gasteiger partial charge in [0.25, 0.3) is 0 Å². The Bertz CT molecular complexity index is 883. The molecule has 0 aromatic heterocycles. The van der Waals surface area contributed by atoms with Crippen molar-refractivity contribution >= 4 is 11.6 Å². The van der Waals surface area contributed by atoms with Gasteiger partial charge in [0.05, 0.1) is 22.4 Å². The van der Waals surface area contributed by atoms with E-state index in [1.807, 2.05) is 11.0 Å². The lowest BCUT2D eigenvalue weighted by Gasteiger charge is -2.38. The molecule has 3 rings (SSSR count). The molecule has 0 atom stereocenters. The summed E-state index contributed by atoms with van der Waals surface area (Å²) < 4.78 is 28.0. The van der Waals surface area contributed by atoms with E-state index in [0.29, 0.717) is 30.9 Å². The van der Waals surface area contributed by atoms with Crippen LogP contribution < -0.4 is 5.32 Å². The first-order valence-corrected chi connectivity index (χ1v) is 9.11. The Morgan fingerprint density at radius 1 is 1.14 bits per heavy atom. The Labute approximate surface area is 162 Å². The van der Waals surface area contributed by atoms with E-state index in [-0.39, 0.29) is 30.7 Å². The normalized spacial score (nSPS) is 16.4. The zero-order valence-corrected chi connectivity index (χ0v) is 15.3. The minimum atomic E-state index is -1.54. The molecular weight excluding hydrogens is 364 g/mol. The molecule has 2 aromatic rings. The highest BCUT2D eigenvalue weighted by Crippen LogP contribution is 2.35. The maximum absolute atomic E-state index is 14.0. The number of hydrogen-bond acceptors (Lipinski definition) is 4. The van der Waals surface area contributed by atoms with Gasteiger partial charge in [-0.1, -0.05) is 18.2 Å². The molecule has 1 fully saturated rings. The quantitative estimate of drug-likeness (QED) is 0.829. The molecule has 0 bridgehead atoms. The number of nitrogens with zero attached hydrogens (tertiary/aromatic N) is 2. The highest BCUT2D eigenvalue weighted by atomic mass is 19.1. The third kappa shape index (κ3) is 4.35. The Balaban J connectivity index is 1.53. The summed E-state index contributed by atoms with van der Waals surface area (Å²) in [5, 5.41) is 22.5. The van der Waals surface area contributed by atoms with Gasteiger partial charge in [0.2, 0.25) is 5.91 Å². The SMILES string of the molecule is N#Cc1ccccc1NC(=O)CCN1CCC(O)(c2c(F)cccc2F)CC1. The molecule has 0 saturated carbocycles. The maximum atomic E-state index is 14.0. The molecular formula is C21H21F2N3O2. The van der Waals surface area contributed by atoms with Crippen LogP contribution in [0.25, 0.3) is 0 Å². The van der Waals surface area contributed by atoms with Gasteiger partial charge >= 0.3 is 0 Å². The molecule has 0 unspecified atom stereocenters. The van der Waals surface area contributed by atoms with E-state index in [9.17, 15) is 18.7 Å². The van der Waals surface area contributed by atoms with Crippen molar-refractivity contribution in [1.29, 1.82) is 5.26 Å². The molecule has 7 heteroatoms. The fraction of sp³-hybridized carbons (Fsp3) is 0.333. The van der Waals surface area contributed by atoms with Gasteiger partial charge in [0.15, 0.2) is 0 Å². The predicted molar refractivity (Wildman–Crippen MR) is 100 cm³/mol. The van der Waals surface area contributed by atoms with Crippen LogP contribution >= 0.6 is 0 Å². The van der Waals surface area contributed by atoms with E-state index in [4.69, 9.17) is 5.26 Å². The fourth-order valence-corrected chi connectivity index (χ4v) is 3.50. The average Bonchev–Trinajstić information content (AvgIpc) is 2.68. The third-order valence-electron chi connectivity index (χ3n) is 5.09. The lowest BCUT2D eigenvalue weighted by atomic mass is 9.83. The van der Waals surface area contributed by atoms with Crippen molar-refractivity contribution in [3.05, 3.63) is 65.2 Å². The van der Waals surface area contributed by atoms with Gasteiger partial charge in [-0.15, -0.1) is 0 Å². The molecule has 0 spiro atoms. The second kappa shape index (κ2) is 8.46. The number of anilines is 1. The number of benzene rings is 2. The number of hydrogen-bond donors (Lipinski definition) is 2. The van der Waals surface area contributed by atoms with Crippen molar-refractivity contribution in [2.24, 2.45) is 0 Å². The first-order chi connectivity index (χ1) is 13.4. The van der Waals surface area contributed by atoms with E-state index in [1.54, 1.807) is 24.3 Å². The van der Waals surface area contributed by atoms with Gasteiger partial charge < -0.3 is 15.3 Å². The van der Waals surface area contributed by atoms with Gasteiger partial charge in [-0.25, -0.2) is 8.78 Å². The lowest BCUT2D eigenvalue weighted by molar-refractivity contribution is -0.116. The van der Waals surface area contributed by atoms with Crippen LogP contribution in [0.2, 0.25) is 0 Å². The summed E-state index contributed by atoms with van der Waals surface area (Å²) in [6.45, 7) is 1.30. The molecule has 1 saturated heterocycles. The van der Waals surface area contributed by atoms with E-state index >= 15 is 0 Å². The zero-order valence-electron chi connectivity index (χ0n) is 15.3. The number of carbonyl (C=O) groups excluding carboxylic acids is 1. The Kier molecular flexibility index (Phi) is 6.02. The van der Waals surface area contributed by atoms with Crippen LogP contribution in [0.15, 0.2) is 42.5 Å². The standard InChI is InChI=1S/C21H21F2N3O2/c22-16-5-3-6-17(23)20(16)21(28)9-12-26(13-10-21)11-8-19(27)25-18-7-2-1-4-15(18)14-24/h1-7,28H,8-13H2,(H,25,27). The molecule has 1 aliphatic heterocycles. The molecule has 1 aliphatic rings. The number of rotatable bonds is 5. The summed E-state index contributed by atoms with van der Waals surface area (Å²) in [7, 11) is 0. The number of amides is 1. The molecule has 5 nitrogen and oxygen atoms in total. The lowest BCUT2D eigenvalue weighted by Crippen LogP contribution is -2.44. The third-order valence-corrected chi connectivity index (χ3v) is 5.09. The molecule has 28 heavy (non-hydrogen) atoms. The van der Waals surface area contributed by atoms with Crippen LogP contribution in [-0.2, 0) is 10.4 Å². The summed E-state index contributed by atoms with van der Waals surface area (Å²) in [5.41, 5.74) is -0.954. The smallest absolute Gasteiger partial charge is 0.225 e. The topological polar surface area (TPSA) is 76.4 Å². The summed E-state index contributed by atoms with van der Waals surface area (Å²) >= 11 is 0. The number of para-hydroxylation sites is 1. The molecule has 1 amide bonds. The van der Waals surface area contributed by atoms with E-state index in [2.05, 4.69) is 5.32 Å². The van der Waals surface area contributed by atoms with Crippen molar-refractivity contribution in [3.63, 3.8) is 0 Å². The van der Waals surface area contributed by atoms with Crippen molar-refractivity contribution in [2.45, 2.75) is 24.9 Å². The van der Waals surface area contributed by atoms with Crippen LogP contribution in [0.1, 0.15) is 30.4 Å². The Hall–Kier alpha value is -2.82. The van der Waals surface area contributed by atoms with Crippen LogP contribution in [0.4, 0.5) is 14.5 Å². The molecule has 146 valence electrons. The minimum absolute atomic E-state index is 0.184. The number of nitriles is 1. The maximum Gasteiger partial charge on any atom is 0.225 e. The second-order valence-electron chi connectivity index (χ2n) is 6.93. The van der Waals surface area contributed by atoms with Gasteiger partial charge in [0.1, 0.15) is 17.7 Å². The Morgan fingerprint density at radius 3 is 2.43 bits per heavy atom. The van der Waals surface area contributed by atoms with Crippen LogP contribution in [0, 0.1) is 23.0 Å². The van der Waals surface area contributed by atoms with Crippen LogP contribution in [-0.4, -0.2) is 35.5 Å². The van der Waals surface area contributed by atoms with E-state index in [0.717, 1.165) is 12.1 Å². The van der Waals surface area contributed by atoms with Crippen molar-refractivity contribution in [2.75, 3.05) is 25.0 Å². The molecule has 2 aromatic carbocycles. The first kappa shape index (κ1) is 19.9. The van der Waals surface area contributed by atoms with Gasteiger partial charge in [-0.05, 0) is 37.1 Å². The predicted octanol–water partition coefficient (Wildman–Crippen LogP) is 3.15. The zero-order chi connectivity index (χ0) is 20.1. The number of nitrogens with one attached hydrogen (secondary N) is 1. The van der Waals surface area contributed by atoms with E-state index in [1.165, 1.54) is 6.07 Å². The monoisotopic (exact) mass is 385 g/mol. The highest BCUT2D eigenvalue weighted by molar-refractivity contribution is 5.92. The molecule has 0 aliphatic carbocycles. The number of halogens is 2. The molecule has 0 radical (unpaired) electrons. The second-order valence-corrected chi connectivity index (χ2v) is 6.93. The highest BCUT2D eigenvalue weighted by Gasteiger charge is 2.38. The average molecular weight is 385 g/mol. The van der Waals surface area contributed by atoms with Crippen LogP contribution in [0.3, 0.4) is 0 Å². The summed E-state index contributed by atoms with van der Waals surface area (Å²) in [4.78, 5) is 14.1. The van der Waals surface area contributed by atoms with Crippen molar-refractivity contribution in [3.8, 4) is 6.07 Å². The van der Waals surface area contributed by atoms with Crippen LogP contribution in [0.5, 0.6) is 0 Å². The number of likely N-dealkylation sites (tertiary alicyclic amines) is 1. The summed E-state index contributed by atoms with van der Waals surface area (Å²) in [6, 6.07) is 12.3. The van der Waals surface area contributed by atoms with Gasteiger partial charge in [-0.2, -0.15) is 5.26 Å². The Morgan fingerprint density at radius 2 is 1.79 bits per heavy atom. The summed E-state index contributed by atoms with van der Waals surface area (Å²) in [5.74, 6) is -1.71. The van der Waals surface area contributed by atoms with Gasteiger partial charge in [0, 0.05) is 26.1 Å². The number of piperidine rings is 1. The van der Waals surface area contributed by atoms with Crippen molar-refractivity contribution < 1.29 is 18.7 Å².